The van der Waals surface area contributed by atoms with Crippen LogP contribution in [0.2, 0.25) is 0 Å². The van der Waals surface area contributed by atoms with E-state index in [0.29, 0.717) is 0 Å². The van der Waals surface area contributed by atoms with Gasteiger partial charge in [0, 0.05) is 22.2 Å². The molecule has 3 rings (SSSR count). The van der Waals surface area contributed by atoms with Crippen molar-refractivity contribution in [1.29, 1.82) is 0 Å². The second-order valence-corrected chi connectivity index (χ2v) is 4.79. The minimum absolute atomic E-state index is 0.756. The first kappa shape index (κ1) is 12.6. The quantitative estimate of drug-likeness (QED) is 0.703. The number of ether oxygens (including phenoxy) is 1. The molecule has 0 fully saturated rings. The van der Waals surface area contributed by atoms with E-state index in [4.69, 9.17) is 9.72 Å². The van der Waals surface area contributed by atoms with Crippen molar-refractivity contribution in [3.05, 3.63) is 53.7 Å². The number of benzene rings is 2. The van der Waals surface area contributed by atoms with Crippen molar-refractivity contribution in [3.8, 4) is 17.1 Å². The standard InChI is InChI=1S/C17H16N2O/c1-11-15(20-3)10-9-14-12(2)18-17(19-16(11)14)13-7-5-4-6-8-13/h4-10H,1-3H3. The Morgan fingerprint density at radius 3 is 2.35 bits per heavy atom. The van der Waals surface area contributed by atoms with Gasteiger partial charge in [0.1, 0.15) is 5.75 Å². The monoisotopic (exact) mass is 264 g/mol. The molecule has 1 aromatic heterocycles. The predicted molar refractivity (Wildman–Crippen MR) is 81.0 cm³/mol. The molecule has 3 heteroatoms. The molecule has 0 saturated carbocycles. The molecule has 0 aliphatic rings. The van der Waals surface area contributed by atoms with Crippen LogP contribution in [-0.2, 0) is 0 Å². The lowest BCUT2D eigenvalue weighted by molar-refractivity contribution is 0.412. The Morgan fingerprint density at radius 2 is 1.65 bits per heavy atom. The minimum Gasteiger partial charge on any atom is -0.496 e. The van der Waals surface area contributed by atoms with Gasteiger partial charge in [-0.25, -0.2) is 9.97 Å². The largest absolute Gasteiger partial charge is 0.496 e. The molecule has 0 bridgehead atoms. The van der Waals surface area contributed by atoms with Crippen LogP contribution in [-0.4, -0.2) is 17.1 Å². The minimum atomic E-state index is 0.756. The van der Waals surface area contributed by atoms with Crippen molar-refractivity contribution in [3.63, 3.8) is 0 Å². The number of hydrogen-bond donors (Lipinski definition) is 0. The molecular formula is C17H16N2O. The topological polar surface area (TPSA) is 35.0 Å². The first-order valence-corrected chi connectivity index (χ1v) is 6.58. The molecule has 0 aliphatic heterocycles. The molecule has 0 aliphatic carbocycles. The van der Waals surface area contributed by atoms with E-state index in [-0.39, 0.29) is 0 Å². The molecule has 3 aromatic rings. The summed E-state index contributed by atoms with van der Waals surface area (Å²) in [5.74, 6) is 1.61. The van der Waals surface area contributed by atoms with Crippen molar-refractivity contribution in [2.75, 3.05) is 7.11 Å². The van der Waals surface area contributed by atoms with Crippen LogP contribution < -0.4 is 4.74 Å². The van der Waals surface area contributed by atoms with E-state index in [0.717, 1.165) is 39.3 Å². The molecule has 0 atom stereocenters. The third-order valence-corrected chi connectivity index (χ3v) is 3.51. The lowest BCUT2D eigenvalue weighted by Gasteiger charge is -2.10. The van der Waals surface area contributed by atoms with Crippen molar-refractivity contribution in [2.45, 2.75) is 13.8 Å². The highest BCUT2D eigenvalue weighted by atomic mass is 16.5. The van der Waals surface area contributed by atoms with Crippen LogP contribution in [0.1, 0.15) is 11.3 Å². The molecular weight excluding hydrogens is 248 g/mol. The highest BCUT2D eigenvalue weighted by Crippen LogP contribution is 2.28. The number of rotatable bonds is 2. The van der Waals surface area contributed by atoms with Crippen LogP contribution in [0.3, 0.4) is 0 Å². The van der Waals surface area contributed by atoms with E-state index in [9.17, 15) is 0 Å². The number of fused-ring (bicyclic) bond motifs is 1. The van der Waals surface area contributed by atoms with Gasteiger partial charge in [-0.1, -0.05) is 30.3 Å². The maximum absolute atomic E-state index is 5.38. The van der Waals surface area contributed by atoms with Crippen molar-refractivity contribution in [2.24, 2.45) is 0 Å². The zero-order chi connectivity index (χ0) is 14.1. The Labute approximate surface area is 118 Å². The third-order valence-electron chi connectivity index (χ3n) is 3.51. The van der Waals surface area contributed by atoms with E-state index >= 15 is 0 Å². The summed E-state index contributed by atoms with van der Waals surface area (Å²) in [5.41, 5.74) is 4.02. The fraction of sp³-hybridized carbons (Fsp3) is 0.176. The maximum atomic E-state index is 5.38. The third kappa shape index (κ3) is 2.01. The first-order chi connectivity index (χ1) is 9.70. The number of hydrogen-bond acceptors (Lipinski definition) is 3. The molecule has 0 saturated heterocycles. The Kier molecular flexibility index (Phi) is 3.11. The number of nitrogens with zero attached hydrogens (tertiary/aromatic N) is 2. The van der Waals surface area contributed by atoms with E-state index < -0.39 is 0 Å². The molecule has 3 nitrogen and oxygen atoms in total. The smallest absolute Gasteiger partial charge is 0.160 e. The fourth-order valence-electron chi connectivity index (χ4n) is 2.41. The van der Waals surface area contributed by atoms with Crippen molar-refractivity contribution >= 4 is 10.9 Å². The zero-order valence-corrected chi connectivity index (χ0v) is 11.8. The van der Waals surface area contributed by atoms with Gasteiger partial charge in [0.15, 0.2) is 5.82 Å². The lowest BCUT2D eigenvalue weighted by atomic mass is 10.1. The summed E-state index contributed by atoms with van der Waals surface area (Å²) in [6, 6.07) is 14.0. The SMILES string of the molecule is COc1ccc2c(C)nc(-c3ccccc3)nc2c1C. The van der Waals surface area contributed by atoms with Gasteiger partial charge in [-0.05, 0) is 26.0 Å². The van der Waals surface area contributed by atoms with Gasteiger partial charge in [-0.15, -0.1) is 0 Å². The van der Waals surface area contributed by atoms with Crippen LogP contribution in [0, 0.1) is 13.8 Å². The fourth-order valence-corrected chi connectivity index (χ4v) is 2.41. The highest BCUT2D eigenvalue weighted by molar-refractivity contribution is 5.87. The summed E-state index contributed by atoms with van der Waals surface area (Å²) in [5, 5.41) is 1.07. The van der Waals surface area contributed by atoms with Crippen molar-refractivity contribution < 1.29 is 4.74 Å². The first-order valence-electron chi connectivity index (χ1n) is 6.58. The van der Waals surface area contributed by atoms with E-state index in [1.165, 1.54) is 0 Å². The van der Waals surface area contributed by atoms with Crippen LogP contribution in [0.4, 0.5) is 0 Å². The van der Waals surface area contributed by atoms with E-state index in [2.05, 4.69) is 4.98 Å². The average molecular weight is 264 g/mol. The molecule has 0 spiro atoms. The molecule has 0 radical (unpaired) electrons. The van der Waals surface area contributed by atoms with Gasteiger partial charge in [-0.3, -0.25) is 0 Å². The second-order valence-electron chi connectivity index (χ2n) is 4.79. The van der Waals surface area contributed by atoms with Crippen LogP contribution >= 0.6 is 0 Å². The lowest BCUT2D eigenvalue weighted by Crippen LogP contribution is -1.97. The molecule has 0 N–H and O–H groups in total. The molecule has 0 unspecified atom stereocenters. The summed E-state index contributed by atoms with van der Waals surface area (Å²) in [7, 11) is 1.68. The average Bonchev–Trinajstić information content (AvgIpc) is 2.49. The summed E-state index contributed by atoms with van der Waals surface area (Å²) in [4.78, 5) is 9.34. The molecule has 2 aromatic carbocycles. The second kappa shape index (κ2) is 4.93. The Morgan fingerprint density at radius 1 is 0.900 bits per heavy atom. The van der Waals surface area contributed by atoms with Gasteiger partial charge in [0.05, 0.1) is 12.6 Å². The van der Waals surface area contributed by atoms with Gasteiger partial charge < -0.3 is 4.74 Å². The summed E-state index contributed by atoms with van der Waals surface area (Å²) in [6.45, 7) is 4.05. The van der Waals surface area contributed by atoms with Gasteiger partial charge >= 0.3 is 0 Å². The van der Waals surface area contributed by atoms with Crippen LogP contribution in [0.25, 0.3) is 22.3 Å². The number of aryl methyl sites for hydroxylation is 2. The highest BCUT2D eigenvalue weighted by Gasteiger charge is 2.11. The van der Waals surface area contributed by atoms with E-state index in [1.807, 2.05) is 56.3 Å². The van der Waals surface area contributed by atoms with Gasteiger partial charge in [-0.2, -0.15) is 0 Å². The van der Waals surface area contributed by atoms with Crippen LogP contribution in [0.15, 0.2) is 42.5 Å². The Balaban J connectivity index is 2.30. The van der Waals surface area contributed by atoms with E-state index in [1.54, 1.807) is 7.11 Å². The summed E-state index contributed by atoms with van der Waals surface area (Å²) in [6.07, 6.45) is 0. The van der Waals surface area contributed by atoms with Gasteiger partial charge in [0.2, 0.25) is 0 Å². The zero-order valence-electron chi connectivity index (χ0n) is 11.8. The Hall–Kier alpha value is -2.42. The number of methoxy groups -OCH3 is 1. The molecule has 0 amide bonds. The number of aromatic nitrogens is 2. The molecule has 20 heavy (non-hydrogen) atoms. The summed E-state index contributed by atoms with van der Waals surface area (Å²) < 4.78 is 5.38. The van der Waals surface area contributed by atoms with Crippen LogP contribution in [0.5, 0.6) is 5.75 Å². The predicted octanol–water partition coefficient (Wildman–Crippen LogP) is 3.92. The molecule has 1 heterocycles. The summed E-state index contributed by atoms with van der Waals surface area (Å²) >= 11 is 0. The normalized spacial score (nSPS) is 10.8. The van der Waals surface area contributed by atoms with Crippen molar-refractivity contribution in [1.82, 2.24) is 9.97 Å². The molecule has 100 valence electrons. The van der Waals surface area contributed by atoms with Gasteiger partial charge in [0.25, 0.3) is 0 Å². The maximum Gasteiger partial charge on any atom is 0.160 e. The Bertz CT molecular complexity index is 767.